The van der Waals surface area contributed by atoms with Crippen molar-refractivity contribution in [3.63, 3.8) is 0 Å². The molecule has 1 saturated heterocycles. The summed E-state index contributed by atoms with van der Waals surface area (Å²) in [5, 5.41) is 18.4. The molecule has 1 N–H and O–H groups in total. The van der Waals surface area contributed by atoms with Gasteiger partial charge in [-0.3, -0.25) is 9.69 Å². The van der Waals surface area contributed by atoms with Crippen molar-refractivity contribution in [2.45, 2.75) is 0 Å². The van der Waals surface area contributed by atoms with Gasteiger partial charge in [0.15, 0.2) is 4.32 Å². The molecular weight excluding hydrogens is 380 g/mol. The van der Waals surface area contributed by atoms with Gasteiger partial charge in [-0.1, -0.05) is 54.3 Å². The van der Waals surface area contributed by atoms with Crippen molar-refractivity contribution in [3.05, 3.63) is 82.3 Å². The summed E-state index contributed by atoms with van der Waals surface area (Å²) in [5.74, 6) is -1.39. The van der Waals surface area contributed by atoms with Crippen LogP contribution in [0.25, 0.3) is 6.08 Å². The molecule has 0 aromatic heterocycles. The Morgan fingerprint density at radius 2 is 1.81 bits per heavy atom. The van der Waals surface area contributed by atoms with Gasteiger partial charge in [-0.05, 0) is 42.0 Å². The van der Waals surface area contributed by atoms with E-state index in [1.807, 2.05) is 30.3 Å². The number of anilines is 1. The summed E-state index contributed by atoms with van der Waals surface area (Å²) >= 11 is 6.39. The van der Waals surface area contributed by atoms with E-state index < -0.39 is 5.97 Å². The van der Waals surface area contributed by atoms with E-state index in [4.69, 9.17) is 17.3 Å². The van der Waals surface area contributed by atoms with Crippen molar-refractivity contribution < 1.29 is 14.7 Å². The molecule has 1 fully saturated rings. The Morgan fingerprint density at radius 3 is 2.41 bits per heavy atom. The number of nitrogens with zero attached hydrogens (tertiary/aromatic N) is 2. The molecule has 1 amide bonds. The Kier molecular flexibility index (Phi) is 5.50. The molecule has 0 spiro atoms. The highest BCUT2D eigenvalue weighted by Gasteiger charge is 2.33. The molecule has 0 bridgehead atoms. The Bertz CT molecular complexity index is 1020. The highest BCUT2D eigenvalue weighted by atomic mass is 32.2. The van der Waals surface area contributed by atoms with Crippen LogP contribution in [-0.2, 0) is 4.79 Å². The van der Waals surface area contributed by atoms with Gasteiger partial charge in [0.05, 0.1) is 27.8 Å². The summed E-state index contributed by atoms with van der Waals surface area (Å²) in [6.45, 7) is 0. The summed E-state index contributed by atoms with van der Waals surface area (Å²) < 4.78 is 0.325. The maximum atomic E-state index is 12.7. The Morgan fingerprint density at radius 1 is 1.15 bits per heavy atom. The molecule has 5 nitrogen and oxygen atoms in total. The predicted octanol–water partition coefficient (Wildman–Crippen LogP) is 4.24. The molecule has 1 aliphatic rings. The number of amides is 1. The molecule has 0 saturated carbocycles. The average Bonchev–Trinajstić information content (AvgIpc) is 2.95. The number of rotatable bonds is 4. The van der Waals surface area contributed by atoms with E-state index in [0.717, 1.165) is 17.3 Å². The zero-order chi connectivity index (χ0) is 19.4. The van der Waals surface area contributed by atoms with Crippen LogP contribution in [0.1, 0.15) is 15.9 Å². The smallest absolute Gasteiger partial charge is 0.335 e. The number of benzene rings is 2. The second kappa shape index (κ2) is 7.99. The van der Waals surface area contributed by atoms with Gasteiger partial charge in [0.25, 0.3) is 5.91 Å². The molecule has 2 aromatic carbocycles. The minimum atomic E-state index is -1.04. The van der Waals surface area contributed by atoms with E-state index in [-0.39, 0.29) is 11.5 Å². The van der Waals surface area contributed by atoms with Gasteiger partial charge in [-0.25, -0.2) is 4.79 Å². The molecule has 0 radical (unpaired) electrons. The van der Waals surface area contributed by atoms with Crippen LogP contribution < -0.4 is 4.90 Å². The van der Waals surface area contributed by atoms with E-state index in [0.29, 0.717) is 20.5 Å². The summed E-state index contributed by atoms with van der Waals surface area (Å²) in [4.78, 5) is 25.4. The largest absolute Gasteiger partial charge is 0.478 e. The van der Waals surface area contributed by atoms with E-state index in [1.165, 1.54) is 35.2 Å². The maximum absolute atomic E-state index is 12.7. The summed E-state index contributed by atoms with van der Waals surface area (Å²) in [6, 6.07) is 17.3. The van der Waals surface area contributed by atoms with E-state index >= 15 is 0 Å². The lowest BCUT2D eigenvalue weighted by atomic mass is 10.1. The van der Waals surface area contributed by atoms with Crippen LogP contribution in [0.2, 0.25) is 0 Å². The fourth-order valence-corrected chi connectivity index (χ4v) is 3.71. The molecule has 3 rings (SSSR count). The van der Waals surface area contributed by atoms with Crippen LogP contribution in [0.15, 0.2) is 71.2 Å². The minimum absolute atomic E-state index is 0.122. The molecule has 1 heterocycles. The second-order valence-electron chi connectivity index (χ2n) is 5.49. The van der Waals surface area contributed by atoms with Gasteiger partial charge < -0.3 is 5.11 Å². The van der Waals surface area contributed by atoms with Gasteiger partial charge in [0.1, 0.15) is 0 Å². The van der Waals surface area contributed by atoms with Crippen LogP contribution in [0.3, 0.4) is 0 Å². The number of nitriles is 1. The summed E-state index contributed by atoms with van der Waals surface area (Å²) in [6.07, 6.45) is 3.20. The number of carboxylic acids is 1. The first-order chi connectivity index (χ1) is 13.0. The average molecular weight is 392 g/mol. The summed E-state index contributed by atoms with van der Waals surface area (Å²) in [7, 11) is 0. The molecule has 0 aliphatic carbocycles. The normalized spacial score (nSPS) is 15.9. The van der Waals surface area contributed by atoms with Crippen LogP contribution >= 0.6 is 24.0 Å². The number of hydrogen-bond donors (Lipinski definition) is 1. The Hall–Kier alpha value is -3.21. The molecule has 2 aromatic rings. The first-order valence-corrected chi connectivity index (χ1v) is 9.00. The highest BCUT2D eigenvalue weighted by molar-refractivity contribution is 8.27. The minimum Gasteiger partial charge on any atom is -0.478 e. The third-order valence-electron chi connectivity index (χ3n) is 3.70. The number of carboxylic acid groups (broad SMARTS) is 1. The van der Waals surface area contributed by atoms with Gasteiger partial charge in [-0.15, -0.1) is 0 Å². The van der Waals surface area contributed by atoms with Gasteiger partial charge in [0.2, 0.25) is 0 Å². The fourth-order valence-electron chi connectivity index (χ4n) is 2.42. The van der Waals surface area contributed by atoms with Crippen molar-refractivity contribution in [3.8, 4) is 6.07 Å². The van der Waals surface area contributed by atoms with Crippen molar-refractivity contribution in [2.75, 3.05) is 4.90 Å². The van der Waals surface area contributed by atoms with E-state index in [1.54, 1.807) is 6.08 Å². The Balaban J connectivity index is 1.89. The molecule has 0 atom stereocenters. The number of thioether (sulfide) groups is 1. The number of allylic oxidation sites excluding steroid dienone is 2. The molecular formula is C20H12N2O3S2. The zero-order valence-electron chi connectivity index (χ0n) is 13.8. The lowest BCUT2D eigenvalue weighted by Gasteiger charge is -2.14. The number of carbonyl (C=O) groups excluding carboxylic acids is 1. The summed E-state index contributed by atoms with van der Waals surface area (Å²) in [5.41, 5.74) is 1.79. The second-order valence-corrected chi connectivity index (χ2v) is 7.17. The monoisotopic (exact) mass is 392 g/mol. The standard InChI is InChI=1S/C20H12N2O3S2/c21-12-14(10-13-4-2-1-3-5-13)11-17-18(23)22(20(26)27-17)16-8-6-15(7-9-16)19(24)25/h1-11H,(H,24,25)/b14-10-,17-11-. The number of carbonyl (C=O) groups is 2. The third-order valence-corrected chi connectivity index (χ3v) is 5.01. The topological polar surface area (TPSA) is 81.4 Å². The van der Waals surface area contributed by atoms with Crippen LogP contribution in [0, 0.1) is 11.3 Å². The van der Waals surface area contributed by atoms with Gasteiger partial charge in [0, 0.05) is 0 Å². The van der Waals surface area contributed by atoms with Crippen molar-refractivity contribution >= 4 is 51.9 Å². The molecule has 1 aliphatic heterocycles. The van der Waals surface area contributed by atoms with Crippen molar-refractivity contribution in [2.24, 2.45) is 0 Å². The quantitative estimate of drug-likeness (QED) is 0.476. The first kappa shape index (κ1) is 18.6. The molecule has 7 heteroatoms. The van der Waals surface area contributed by atoms with Crippen molar-refractivity contribution in [1.82, 2.24) is 0 Å². The lowest BCUT2D eigenvalue weighted by molar-refractivity contribution is -0.113. The number of aromatic carboxylic acids is 1. The van der Waals surface area contributed by atoms with Gasteiger partial charge >= 0.3 is 5.97 Å². The molecule has 27 heavy (non-hydrogen) atoms. The van der Waals surface area contributed by atoms with Crippen LogP contribution in [0.4, 0.5) is 5.69 Å². The Labute approximate surface area is 165 Å². The fraction of sp³-hybridized carbons (Fsp3) is 0. The first-order valence-electron chi connectivity index (χ1n) is 7.78. The molecule has 0 unspecified atom stereocenters. The van der Waals surface area contributed by atoms with Gasteiger partial charge in [-0.2, -0.15) is 5.26 Å². The van der Waals surface area contributed by atoms with Crippen LogP contribution in [0.5, 0.6) is 0 Å². The van der Waals surface area contributed by atoms with E-state index in [9.17, 15) is 14.9 Å². The maximum Gasteiger partial charge on any atom is 0.335 e. The van der Waals surface area contributed by atoms with Crippen molar-refractivity contribution in [1.29, 1.82) is 5.26 Å². The number of hydrogen-bond acceptors (Lipinski definition) is 5. The zero-order valence-corrected chi connectivity index (χ0v) is 15.5. The highest BCUT2D eigenvalue weighted by Crippen LogP contribution is 2.35. The predicted molar refractivity (Wildman–Crippen MR) is 109 cm³/mol. The SMILES string of the molecule is N#CC(=C\c1ccccc1)/C=C1\SC(=S)N(c2ccc(C(=O)O)cc2)C1=O. The third kappa shape index (κ3) is 4.14. The van der Waals surface area contributed by atoms with Crippen LogP contribution in [-0.4, -0.2) is 21.3 Å². The molecule has 132 valence electrons. The lowest BCUT2D eigenvalue weighted by Crippen LogP contribution is -2.27. The van der Waals surface area contributed by atoms with E-state index in [2.05, 4.69) is 6.07 Å². The number of thiocarbonyl (C=S) groups is 1.